The fourth-order valence-corrected chi connectivity index (χ4v) is 2.00. The van der Waals surface area contributed by atoms with Gasteiger partial charge in [0.05, 0.1) is 16.3 Å². The van der Waals surface area contributed by atoms with E-state index >= 15 is 0 Å². The standard InChI is InChI=1S/C15H13ClFNO/c1-9-4-6-14(12(16)7-9)18-15(19)11-5-3-10(2)8-13(11)17/h3-8H,1-2H3,(H,18,19). The number of carbonyl (C=O) groups excluding carboxylic acids is 1. The largest absolute Gasteiger partial charge is 0.321 e. The summed E-state index contributed by atoms with van der Waals surface area (Å²) in [5.41, 5.74) is 2.23. The summed E-state index contributed by atoms with van der Waals surface area (Å²) in [5, 5.41) is 3.03. The van der Waals surface area contributed by atoms with Gasteiger partial charge in [-0.05, 0) is 49.2 Å². The van der Waals surface area contributed by atoms with Crippen molar-refractivity contribution in [2.24, 2.45) is 0 Å². The fourth-order valence-electron chi connectivity index (χ4n) is 1.72. The summed E-state index contributed by atoms with van der Waals surface area (Å²) in [7, 11) is 0. The molecular formula is C15H13ClFNO. The Kier molecular flexibility index (Phi) is 3.86. The number of anilines is 1. The predicted molar refractivity (Wildman–Crippen MR) is 75.3 cm³/mol. The highest BCUT2D eigenvalue weighted by molar-refractivity contribution is 6.34. The van der Waals surface area contributed by atoms with Crippen LogP contribution >= 0.6 is 11.6 Å². The van der Waals surface area contributed by atoms with Gasteiger partial charge >= 0.3 is 0 Å². The molecular weight excluding hydrogens is 265 g/mol. The van der Waals surface area contributed by atoms with Crippen molar-refractivity contribution in [1.82, 2.24) is 0 Å². The summed E-state index contributed by atoms with van der Waals surface area (Å²) in [5.74, 6) is -1.05. The predicted octanol–water partition coefficient (Wildman–Crippen LogP) is 4.35. The Morgan fingerprint density at radius 1 is 1.11 bits per heavy atom. The number of carbonyl (C=O) groups is 1. The summed E-state index contributed by atoms with van der Waals surface area (Å²) in [6.45, 7) is 3.67. The maximum atomic E-state index is 13.7. The van der Waals surface area contributed by atoms with Crippen molar-refractivity contribution < 1.29 is 9.18 Å². The van der Waals surface area contributed by atoms with Gasteiger partial charge in [-0.25, -0.2) is 4.39 Å². The number of hydrogen-bond acceptors (Lipinski definition) is 1. The highest BCUT2D eigenvalue weighted by Gasteiger charge is 2.13. The third-order valence-electron chi connectivity index (χ3n) is 2.74. The van der Waals surface area contributed by atoms with Crippen LogP contribution in [0.2, 0.25) is 5.02 Å². The Balaban J connectivity index is 2.25. The van der Waals surface area contributed by atoms with Crippen LogP contribution in [-0.2, 0) is 0 Å². The quantitative estimate of drug-likeness (QED) is 0.869. The van der Waals surface area contributed by atoms with Gasteiger partial charge < -0.3 is 5.32 Å². The molecule has 0 spiro atoms. The van der Waals surface area contributed by atoms with Gasteiger partial charge in [-0.2, -0.15) is 0 Å². The second-order valence-electron chi connectivity index (χ2n) is 4.42. The number of benzene rings is 2. The summed E-state index contributed by atoms with van der Waals surface area (Å²) < 4.78 is 13.7. The van der Waals surface area contributed by atoms with Gasteiger partial charge in [-0.1, -0.05) is 23.7 Å². The minimum absolute atomic E-state index is 0.00208. The topological polar surface area (TPSA) is 29.1 Å². The lowest BCUT2D eigenvalue weighted by Crippen LogP contribution is -2.14. The van der Waals surface area contributed by atoms with E-state index in [1.54, 1.807) is 25.1 Å². The first kappa shape index (κ1) is 13.6. The van der Waals surface area contributed by atoms with E-state index in [-0.39, 0.29) is 5.56 Å². The van der Waals surface area contributed by atoms with Crippen LogP contribution in [0.4, 0.5) is 10.1 Å². The smallest absolute Gasteiger partial charge is 0.258 e. The van der Waals surface area contributed by atoms with Crippen LogP contribution in [0, 0.1) is 19.7 Å². The van der Waals surface area contributed by atoms with E-state index in [0.717, 1.165) is 11.1 Å². The van der Waals surface area contributed by atoms with Gasteiger partial charge in [0, 0.05) is 0 Å². The number of aryl methyl sites for hydroxylation is 2. The minimum Gasteiger partial charge on any atom is -0.321 e. The molecule has 2 rings (SSSR count). The van der Waals surface area contributed by atoms with Crippen molar-refractivity contribution in [3.63, 3.8) is 0 Å². The maximum absolute atomic E-state index is 13.7. The van der Waals surface area contributed by atoms with Crippen LogP contribution in [0.3, 0.4) is 0 Å². The van der Waals surface area contributed by atoms with Gasteiger partial charge in [-0.15, -0.1) is 0 Å². The van der Waals surface area contributed by atoms with Crippen molar-refractivity contribution in [3.8, 4) is 0 Å². The lowest BCUT2D eigenvalue weighted by atomic mass is 10.1. The second kappa shape index (κ2) is 5.41. The molecule has 0 saturated carbocycles. The normalized spacial score (nSPS) is 10.3. The van der Waals surface area contributed by atoms with E-state index in [1.807, 2.05) is 13.0 Å². The summed E-state index contributed by atoms with van der Waals surface area (Å²) in [4.78, 5) is 12.0. The number of hydrogen-bond donors (Lipinski definition) is 1. The Hall–Kier alpha value is -1.87. The SMILES string of the molecule is Cc1ccc(C(=O)Nc2ccc(C)cc2Cl)c(F)c1. The third-order valence-corrected chi connectivity index (χ3v) is 3.05. The zero-order valence-electron chi connectivity index (χ0n) is 10.6. The molecule has 4 heteroatoms. The van der Waals surface area contributed by atoms with Gasteiger partial charge in [0.15, 0.2) is 0 Å². The average molecular weight is 278 g/mol. The number of rotatable bonds is 2. The first-order valence-electron chi connectivity index (χ1n) is 5.81. The first-order valence-corrected chi connectivity index (χ1v) is 6.19. The van der Waals surface area contributed by atoms with Gasteiger partial charge in [0.1, 0.15) is 5.82 Å². The Bertz CT molecular complexity index is 640. The molecule has 0 aliphatic rings. The molecule has 0 aliphatic heterocycles. The van der Waals surface area contributed by atoms with E-state index in [1.165, 1.54) is 12.1 Å². The van der Waals surface area contributed by atoms with Crippen molar-refractivity contribution in [3.05, 3.63) is 63.9 Å². The average Bonchev–Trinajstić information content (AvgIpc) is 2.32. The Morgan fingerprint density at radius 2 is 1.74 bits per heavy atom. The Labute approximate surface area is 116 Å². The van der Waals surface area contributed by atoms with E-state index < -0.39 is 11.7 Å². The molecule has 0 radical (unpaired) electrons. The minimum atomic E-state index is -0.541. The van der Waals surface area contributed by atoms with Crippen LogP contribution in [0.15, 0.2) is 36.4 Å². The van der Waals surface area contributed by atoms with Gasteiger partial charge in [0.2, 0.25) is 0 Å². The van der Waals surface area contributed by atoms with Crippen molar-refractivity contribution in [1.29, 1.82) is 0 Å². The molecule has 0 atom stereocenters. The lowest BCUT2D eigenvalue weighted by molar-refractivity contribution is 0.102. The molecule has 19 heavy (non-hydrogen) atoms. The molecule has 0 aliphatic carbocycles. The number of halogens is 2. The van der Waals surface area contributed by atoms with E-state index in [0.29, 0.717) is 10.7 Å². The summed E-state index contributed by atoms with van der Waals surface area (Å²) >= 11 is 6.02. The zero-order valence-corrected chi connectivity index (χ0v) is 11.4. The van der Waals surface area contributed by atoms with Crippen LogP contribution < -0.4 is 5.32 Å². The highest BCUT2D eigenvalue weighted by Crippen LogP contribution is 2.23. The van der Waals surface area contributed by atoms with Crippen molar-refractivity contribution in [2.45, 2.75) is 13.8 Å². The monoisotopic (exact) mass is 277 g/mol. The Morgan fingerprint density at radius 3 is 2.37 bits per heavy atom. The molecule has 0 aromatic heterocycles. The van der Waals surface area contributed by atoms with Crippen molar-refractivity contribution >= 4 is 23.2 Å². The molecule has 0 bridgehead atoms. The second-order valence-corrected chi connectivity index (χ2v) is 4.83. The molecule has 0 saturated heterocycles. The van der Waals surface area contributed by atoms with Crippen LogP contribution in [0.5, 0.6) is 0 Å². The number of nitrogens with one attached hydrogen (secondary N) is 1. The van der Waals surface area contributed by atoms with Crippen LogP contribution in [0.1, 0.15) is 21.5 Å². The first-order chi connectivity index (χ1) is 8.97. The van der Waals surface area contributed by atoms with Crippen LogP contribution in [0.25, 0.3) is 0 Å². The fraction of sp³-hybridized carbons (Fsp3) is 0.133. The highest BCUT2D eigenvalue weighted by atomic mass is 35.5. The zero-order chi connectivity index (χ0) is 14.0. The molecule has 2 aromatic rings. The number of amides is 1. The van der Waals surface area contributed by atoms with Crippen molar-refractivity contribution in [2.75, 3.05) is 5.32 Å². The van der Waals surface area contributed by atoms with Crippen LogP contribution in [-0.4, -0.2) is 5.91 Å². The third kappa shape index (κ3) is 3.12. The van der Waals surface area contributed by atoms with Gasteiger partial charge in [-0.3, -0.25) is 4.79 Å². The molecule has 2 nitrogen and oxygen atoms in total. The molecule has 0 unspecified atom stereocenters. The van der Waals surface area contributed by atoms with E-state index in [4.69, 9.17) is 11.6 Å². The van der Waals surface area contributed by atoms with Gasteiger partial charge in [0.25, 0.3) is 5.91 Å². The molecule has 0 heterocycles. The molecule has 0 fully saturated rings. The molecule has 2 aromatic carbocycles. The molecule has 1 amide bonds. The summed E-state index contributed by atoms with van der Waals surface area (Å²) in [6.07, 6.45) is 0. The maximum Gasteiger partial charge on any atom is 0.258 e. The van der Waals surface area contributed by atoms with E-state index in [9.17, 15) is 9.18 Å². The summed E-state index contributed by atoms with van der Waals surface area (Å²) in [6, 6.07) is 9.74. The lowest BCUT2D eigenvalue weighted by Gasteiger charge is -2.09. The van der Waals surface area contributed by atoms with E-state index in [2.05, 4.69) is 5.32 Å². The molecule has 98 valence electrons. The molecule has 1 N–H and O–H groups in total.